The maximum atomic E-state index is 7.19. The van der Waals surface area contributed by atoms with Gasteiger partial charge in [-0.2, -0.15) is 5.10 Å². The van der Waals surface area contributed by atoms with Gasteiger partial charge in [-0.3, -0.25) is 9.67 Å². The number of hydrogen-bond donors (Lipinski definition) is 1. The number of hydrogen-bond acceptors (Lipinski definition) is 2. The van der Waals surface area contributed by atoms with Crippen LogP contribution in [0.25, 0.3) is 32.6 Å². The number of aromatic nitrogens is 4. The summed E-state index contributed by atoms with van der Waals surface area (Å²) in [7, 11) is 0. The van der Waals surface area contributed by atoms with E-state index in [2.05, 4.69) is 20.0 Å². The van der Waals surface area contributed by atoms with Gasteiger partial charge in [-0.15, -0.1) is 0 Å². The minimum atomic E-state index is 0.628. The van der Waals surface area contributed by atoms with Gasteiger partial charge in [-0.05, 0) is 36.6 Å². The fourth-order valence-corrected chi connectivity index (χ4v) is 2.65. The van der Waals surface area contributed by atoms with Crippen LogP contribution in [-0.2, 0) is 0 Å². The molecule has 3 aromatic heterocycles. The molecule has 0 aliphatic heterocycles. The van der Waals surface area contributed by atoms with Gasteiger partial charge in [0.1, 0.15) is 5.65 Å². The molecular weight excluding hydrogens is 262 g/mol. The van der Waals surface area contributed by atoms with E-state index in [1.54, 1.807) is 6.20 Å². The molecule has 0 fully saturated rings. The second kappa shape index (κ2) is 4.18. The Balaban J connectivity index is 2.20. The molecular formula is C16H11N5. The van der Waals surface area contributed by atoms with Gasteiger partial charge in [0.2, 0.25) is 0 Å². The number of nitrogens with zero attached hydrogens (tertiary/aromatic N) is 4. The average molecular weight is 273 g/mol. The standard InChI is InChI=1S/C16H11N5/c1-10-8-15(20-19-10)21-14-6-5-11(17-2)9-13(14)12-4-3-7-18-16(12)21/h3-9H,1H3,(H,19,20). The summed E-state index contributed by atoms with van der Waals surface area (Å²) in [5.41, 5.74) is 3.47. The van der Waals surface area contributed by atoms with Crippen molar-refractivity contribution in [2.75, 3.05) is 0 Å². The highest BCUT2D eigenvalue weighted by molar-refractivity contribution is 6.08. The first-order chi connectivity index (χ1) is 10.3. The van der Waals surface area contributed by atoms with Crippen molar-refractivity contribution in [3.63, 3.8) is 0 Å². The number of fused-ring (bicyclic) bond motifs is 3. The van der Waals surface area contributed by atoms with Gasteiger partial charge in [0.05, 0.1) is 12.1 Å². The number of benzene rings is 1. The van der Waals surface area contributed by atoms with Crippen LogP contribution in [0.1, 0.15) is 5.69 Å². The highest BCUT2D eigenvalue weighted by atomic mass is 15.2. The first kappa shape index (κ1) is 11.7. The third-order valence-electron chi connectivity index (χ3n) is 3.56. The van der Waals surface area contributed by atoms with E-state index in [4.69, 9.17) is 6.57 Å². The van der Waals surface area contributed by atoms with Gasteiger partial charge in [0.25, 0.3) is 0 Å². The van der Waals surface area contributed by atoms with Gasteiger partial charge in [0, 0.05) is 23.3 Å². The molecule has 0 saturated heterocycles. The van der Waals surface area contributed by atoms with Crippen LogP contribution in [0.3, 0.4) is 0 Å². The van der Waals surface area contributed by atoms with Crippen LogP contribution in [0, 0.1) is 13.5 Å². The molecule has 0 radical (unpaired) electrons. The summed E-state index contributed by atoms with van der Waals surface area (Å²) < 4.78 is 2.02. The van der Waals surface area contributed by atoms with E-state index in [0.717, 1.165) is 33.4 Å². The van der Waals surface area contributed by atoms with Crippen molar-refractivity contribution in [3.8, 4) is 5.82 Å². The van der Waals surface area contributed by atoms with Gasteiger partial charge < -0.3 is 0 Å². The van der Waals surface area contributed by atoms with Crippen LogP contribution in [0.15, 0.2) is 42.6 Å². The fourth-order valence-electron chi connectivity index (χ4n) is 2.65. The Labute approximate surface area is 120 Å². The molecule has 21 heavy (non-hydrogen) atoms. The minimum absolute atomic E-state index is 0.628. The number of H-pyrrole nitrogens is 1. The number of pyridine rings is 1. The molecule has 4 rings (SSSR count). The number of rotatable bonds is 1. The zero-order chi connectivity index (χ0) is 14.4. The molecule has 1 aromatic carbocycles. The molecule has 3 heterocycles. The average Bonchev–Trinajstić information content (AvgIpc) is 3.07. The molecule has 5 heteroatoms. The molecule has 0 bridgehead atoms. The second-order valence-corrected chi connectivity index (χ2v) is 4.93. The third kappa shape index (κ3) is 1.63. The fraction of sp³-hybridized carbons (Fsp3) is 0.0625. The molecule has 0 unspecified atom stereocenters. The monoisotopic (exact) mass is 273 g/mol. The Hall–Kier alpha value is -3.13. The summed E-state index contributed by atoms with van der Waals surface area (Å²) >= 11 is 0. The quantitative estimate of drug-likeness (QED) is 0.537. The van der Waals surface area contributed by atoms with E-state index < -0.39 is 0 Å². The minimum Gasteiger partial charge on any atom is -0.281 e. The van der Waals surface area contributed by atoms with Crippen LogP contribution >= 0.6 is 0 Å². The van der Waals surface area contributed by atoms with Crippen molar-refractivity contribution in [2.24, 2.45) is 0 Å². The van der Waals surface area contributed by atoms with E-state index in [-0.39, 0.29) is 0 Å². The first-order valence-corrected chi connectivity index (χ1v) is 6.57. The van der Waals surface area contributed by atoms with Crippen molar-refractivity contribution in [2.45, 2.75) is 6.92 Å². The topological polar surface area (TPSA) is 50.9 Å². The van der Waals surface area contributed by atoms with Crippen LogP contribution in [0.5, 0.6) is 0 Å². The summed E-state index contributed by atoms with van der Waals surface area (Å²) in [6.07, 6.45) is 1.77. The lowest BCUT2D eigenvalue weighted by Gasteiger charge is -2.01. The Kier molecular flexibility index (Phi) is 2.33. The molecule has 0 spiro atoms. The Morgan fingerprint density at radius 1 is 1.19 bits per heavy atom. The summed E-state index contributed by atoms with van der Waals surface area (Å²) in [6, 6.07) is 11.6. The molecule has 0 saturated carbocycles. The van der Waals surface area contributed by atoms with Crippen LogP contribution in [0.4, 0.5) is 5.69 Å². The maximum absolute atomic E-state index is 7.19. The van der Waals surface area contributed by atoms with Gasteiger partial charge in [0.15, 0.2) is 11.5 Å². The van der Waals surface area contributed by atoms with E-state index in [9.17, 15) is 0 Å². The van der Waals surface area contributed by atoms with E-state index >= 15 is 0 Å². The normalized spacial score (nSPS) is 11.0. The highest BCUT2D eigenvalue weighted by Crippen LogP contribution is 2.32. The zero-order valence-electron chi connectivity index (χ0n) is 11.3. The van der Waals surface area contributed by atoms with Crippen LogP contribution in [0.2, 0.25) is 0 Å². The molecule has 0 amide bonds. The zero-order valence-corrected chi connectivity index (χ0v) is 11.3. The van der Waals surface area contributed by atoms with Crippen molar-refractivity contribution in [1.29, 1.82) is 0 Å². The SMILES string of the molecule is [C-]#[N+]c1ccc2c(c1)c1cccnc1n2-c1cc(C)[nH]n1. The second-order valence-electron chi connectivity index (χ2n) is 4.93. The first-order valence-electron chi connectivity index (χ1n) is 6.57. The molecule has 1 N–H and O–H groups in total. The summed E-state index contributed by atoms with van der Waals surface area (Å²) in [5.74, 6) is 0.807. The smallest absolute Gasteiger partial charge is 0.188 e. The lowest BCUT2D eigenvalue weighted by atomic mass is 10.2. The largest absolute Gasteiger partial charge is 0.281 e. The summed E-state index contributed by atoms with van der Waals surface area (Å²) in [4.78, 5) is 8.00. The maximum Gasteiger partial charge on any atom is 0.188 e. The van der Waals surface area contributed by atoms with E-state index in [0.29, 0.717) is 5.69 Å². The molecule has 5 nitrogen and oxygen atoms in total. The molecule has 0 aliphatic rings. The molecule has 0 aliphatic carbocycles. The number of aryl methyl sites for hydroxylation is 1. The number of aromatic amines is 1. The van der Waals surface area contributed by atoms with Gasteiger partial charge in [-0.1, -0.05) is 6.07 Å². The number of nitrogens with one attached hydrogen (secondary N) is 1. The summed E-state index contributed by atoms with van der Waals surface area (Å²) in [5, 5.41) is 9.35. The van der Waals surface area contributed by atoms with Crippen LogP contribution in [-0.4, -0.2) is 19.7 Å². The summed E-state index contributed by atoms with van der Waals surface area (Å²) in [6.45, 7) is 9.15. The molecule has 100 valence electrons. The Morgan fingerprint density at radius 3 is 2.86 bits per heavy atom. The Bertz CT molecular complexity index is 1020. The van der Waals surface area contributed by atoms with Crippen molar-refractivity contribution in [1.82, 2.24) is 19.7 Å². The lowest BCUT2D eigenvalue weighted by molar-refractivity contribution is 0.983. The lowest BCUT2D eigenvalue weighted by Crippen LogP contribution is -1.95. The van der Waals surface area contributed by atoms with E-state index in [1.807, 2.05) is 47.9 Å². The molecule has 4 aromatic rings. The van der Waals surface area contributed by atoms with Crippen molar-refractivity contribution >= 4 is 27.6 Å². The van der Waals surface area contributed by atoms with E-state index in [1.165, 1.54) is 0 Å². The predicted octanol–water partition coefficient (Wildman–Crippen LogP) is 3.76. The Morgan fingerprint density at radius 2 is 2.10 bits per heavy atom. The highest BCUT2D eigenvalue weighted by Gasteiger charge is 2.14. The third-order valence-corrected chi connectivity index (χ3v) is 3.56. The van der Waals surface area contributed by atoms with Crippen molar-refractivity contribution < 1.29 is 0 Å². The van der Waals surface area contributed by atoms with Crippen molar-refractivity contribution in [3.05, 3.63) is 59.7 Å². The molecule has 0 atom stereocenters. The predicted molar refractivity (Wildman–Crippen MR) is 81.7 cm³/mol. The van der Waals surface area contributed by atoms with Crippen LogP contribution < -0.4 is 0 Å². The van der Waals surface area contributed by atoms with Gasteiger partial charge >= 0.3 is 0 Å². The van der Waals surface area contributed by atoms with Gasteiger partial charge in [-0.25, -0.2) is 9.83 Å².